The van der Waals surface area contributed by atoms with Gasteiger partial charge in [0, 0.05) is 12.6 Å². The summed E-state index contributed by atoms with van der Waals surface area (Å²) in [6.45, 7) is 6.19. The summed E-state index contributed by atoms with van der Waals surface area (Å²) in [5.74, 6) is -0.867. The first-order valence-electron chi connectivity index (χ1n) is 9.00. The summed E-state index contributed by atoms with van der Waals surface area (Å²) in [5.41, 5.74) is 1.73. The van der Waals surface area contributed by atoms with Gasteiger partial charge in [-0.25, -0.2) is 0 Å². The lowest BCUT2D eigenvalue weighted by atomic mass is 10.0. The van der Waals surface area contributed by atoms with E-state index in [1.807, 2.05) is 24.8 Å². The number of imide groups is 1. The van der Waals surface area contributed by atoms with Crippen LogP contribution < -0.4 is 5.32 Å². The number of carbonyl (C=O) groups excluding carboxylic acids is 3. The molecular formula is C19H25N3O3. The predicted molar refractivity (Wildman–Crippen MR) is 94.4 cm³/mol. The van der Waals surface area contributed by atoms with E-state index in [0.717, 1.165) is 42.8 Å². The number of piperidine rings is 1. The zero-order chi connectivity index (χ0) is 18.0. The summed E-state index contributed by atoms with van der Waals surface area (Å²) in [4.78, 5) is 40.9. The Kier molecular flexibility index (Phi) is 5.18. The lowest BCUT2D eigenvalue weighted by Crippen LogP contribution is -2.50. The van der Waals surface area contributed by atoms with Crippen LogP contribution >= 0.6 is 0 Å². The van der Waals surface area contributed by atoms with Crippen LogP contribution in [0.4, 0.5) is 0 Å². The van der Waals surface area contributed by atoms with Crippen molar-refractivity contribution in [1.82, 2.24) is 15.1 Å². The van der Waals surface area contributed by atoms with E-state index in [2.05, 4.69) is 5.32 Å². The van der Waals surface area contributed by atoms with Crippen molar-refractivity contribution in [3.8, 4) is 0 Å². The molecule has 0 atom stereocenters. The summed E-state index contributed by atoms with van der Waals surface area (Å²) in [5, 5.41) is 3.30. The van der Waals surface area contributed by atoms with Crippen molar-refractivity contribution >= 4 is 17.7 Å². The van der Waals surface area contributed by atoms with Crippen LogP contribution in [0, 0.1) is 6.92 Å². The zero-order valence-electron chi connectivity index (χ0n) is 14.9. The summed E-state index contributed by atoms with van der Waals surface area (Å²) in [6.07, 6.45) is 2.68. The van der Waals surface area contributed by atoms with E-state index in [9.17, 15) is 14.4 Å². The monoisotopic (exact) mass is 343 g/mol. The summed E-state index contributed by atoms with van der Waals surface area (Å²) < 4.78 is 0. The minimum absolute atomic E-state index is 0.139. The number of hydrogen-bond donors (Lipinski definition) is 1. The summed E-state index contributed by atoms with van der Waals surface area (Å²) >= 11 is 0. The largest absolute Gasteiger partial charge is 0.338 e. The van der Waals surface area contributed by atoms with Gasteiger partial charge in [-0.3, -0.25) is 19.3 Å². The van der Waals surface area contributed by atoms with E-state index in [1.54, 1.807) is 12.1 Å². The molecule has 1 aromatic rings. The number of hydrogen-bond acceptors (Lipinski definition) is 4. The number of amides is 3. The fourth-order valence-corrected chi connectivity index (χ4v) is 3.64. The van der Waals surface area contributed by atoms with Crippen molar-refractivity contribution in [3.05, 3.63) is 34.9 Å². The van der Waals surface area contributed by atoms with Crippen molar-refractivity contribution < 1.29 is 14.4 Å². The molecule has 25 heavy (non-hydrogen) atoms. The second-order valence-electron chi connectivity index (χ2n) is 6.81. The number of fused-ring (bicyclic) bond motifs is 1. The highest BCUT2D eigenvalue weighted by molar-refractivity contribution is 6.22. The van der Waals surface area contributed by atoms with Crippen molar-refractivity contribution in [1.29, 1.82) is 0 Å². The Labute approximate surface area is 148 Å². The molecule has 2 aliphatic heterocycles. The smallest absolute Gasteiger partial charge is 0.262 e. The van der Waals surface area contributed by atoms with E-state index >= 15 is 0 Å². The second-order valence-corrected chi connectivity index (χ2v) is 6.81. The van der Waals surface area contributed by atoms with E-state index < -0.39 is 0 Å². The van der Waals surface area contributed by atoms with Crippen molar-refractivity contribution in [3.63, 3.8) is 0 Å². The van der Waals surface area contributed by atoms with Gasteiger partial charge in [0.1, 0.15) is 6.54 Å². The van der Waals surface area contributed by atoms with Gasteiger partial charge in [0.25, 0.3) is 11.8 Å². The average Bonchev–Trinajstić information content (AvgIpc) is 2.84. The third-order valence-electron chi connectivity index (χ3n) is 4.95. The Morgan fingerprint density at radius 3 is 2.56 bits per heavy atom. The fourth-order valence-electron chi connectivity index (χ4n) is 3.64. The quantitative estimate of drug-likeness (QED) is 0.824. The van der Waals surface area contributed by atoms with Crippen LogP contribution in [0.5, 0.6) is 0 Å². The molecule has 0 aromatic heterocycles. The van der Waals surface area contributed by atoms with Crippen molar-refractivity contribution in [2.24, 2.45) is 0 Å². The first kappa shape index (κ1) is 17.6. The fraction of sp³-hybridized carbons (Fsp3) is 0.526. The molecule has 0 aliphatic carbocycles. The zero-order valence-corrected chi connectivity index (χ0v) is 14.9. The minimum Gasteiger partial charge on any atom is -0.338 e. The van der Waals surface area contributed by atoms with Crippen LogP contribution in [0.3, 0.4) is 0 Å². The van der Waals surface area contributed by atoms with Crippen molar-refractivity contribution in [2.45, 2.75) is 39.2 Å². The standard InChI is InChI=1S/C19H25N3O3/c1-3-10-21(14-6-8-20-9-7-14)17(23)12-22-18(24)15-5-4-13(2)11-16(15)19(22)25/h4-5,11,14,20H,3,6-10,12H2,1-2H3. The number of nitrogens with one attached hydrogen (secondary N) is 1. The number of nitrogens with zero attached hydrogens (tertiary/aromatic N) is 2. The Balaban J connectivity index is 1.75. The predicted octanol–water partition coefficient (Wildman–Crippen LogP) is 1.58. The molecule has 0 bridgehead atoms. The maximum Gasteiger partial charge on any atom is 0.262 e. The van der Waals surface area contributed by atoms with Crippen molar-refractivity contribution in [2.75, 3.05) is 26.2 Å². The van der Waals surface area contributed by atoms with E-state index in [1.165, 1.54) is 0 Å². The van der Waals surface area contributed by atoms with Crippen LogP contribution in [0.15, 0.2) is 18.2 Å². The van der Waals surface area contributed by atoms with Gasteiger partial charge in [0.2, 0.25) is 5.91 Å². The highest BCUT2D eigenvalue weighted by atomic mass is 16.2. The summed E-state index contributed by atoms with van der Waals surface area (Å²) in [7, 11) is 0. The average molecular weight is 343 g/mol. The Bertz CT molecular complexity index is 695. The molecule has 0 saturated carbocycles. The maximum absolute atomic E-state index is 12.9. The van der Waals surface area contributed by atoms with E-state index in [-0.39, 0.29) is 30.3 Å². The van der Waals surface area contributed by atoms with Gasteiger partial charge in [-0.05, 0) is 51.4 Å². The van der Waals surface area contributed by atoms with Crippen LogP contribution in [0.25, 0.3) is 0 Å². The molecule has 1 N–H and O–H groups in total. The molecule has 134 valence electrons. The summed E-state index contributed by atoms with van der Waals surface area (Å²) in [6, 6.07) is 5.39. The molecule has 0 spiro atoms. The van der Waals surface area contributed by atoms with Gasteiger partial charge in [-0.2, -0.15) is 0 Å². The molecular weight excluding hydrogens is 318 g/mol. The Hall–Kier alpha value is -2.21. The minimum atomic E-state index is -0.366. The van der Waals surface area contributed by atoms with Gasteiger partial charge in [-0.1, -0.05) is 18.6 Å². The van der Waals surface area contributed by atoms with E-state index in [0.29, 0.717) is 17.7 Å². The molecule has 1 saturated heterocycles. The van der Waals surface area contributed by atoms with E-state index in [4.69, 9.17) is 0 Å². The van der Waals surface area contributed by atoms with Gasteiger partial charge in [0.15, 0.2) is 0 Å². The first-order valence-corrected chi connectivity index (χ1v) is 9.00. The SMILES string of the molecule is CCCN(C(=O)CN1C(=O)c2ccc(C)cc2C1=O)C1CCNCC1. The molecule has 3 rings (SSSR count). The molecule has 3 amide bonds. The number of aryl methyl sites for hydroxylation is 1. The molecule has 1 aromatic carbocycles. The Morgan fingerprint density at radius 1 is 1.20 bits per heavy atom. The molecule has 2 heterocycles. The van der Waals surface area contributed by atoms with Gasteiger partial charge in [-0.15, -0.1) is 0 Å². The molecule has 0 radical (unpaired) electrons. The van der Waals surface area contributed by atoms with Crippen LogP contribution in [0.2, 0.25) is 0 Å². The van der Waals surface area contributed by atoms with Gasteiger partial charge >= 0.3 is 0 Å². The highest BCUT2D eigenvalue weighted by Crippen LogP contribution is 2.24. The lowest BCUT2D eigenvalue weighted by molar-refractivity contribution is -0.134. The normalized spacial score (nSPS) is 17.8. The van der Waals surface area contributed by atoms with Crippen LogP contribution in [0.1, 0.15) is 52.5 Å². The first-order chi connectivity index (χ1) is 12.0. The number of carbonyl (C=O) groups is 3. The topological polar surface area (TPSA) is 69.7 Å². The molecule has 0 unspecified atom stereocenters. The van der Waals surface area contributed by atoms with Crippen LogP contribution in [-0.4, -0.2) is 59.7 Å². The van der Waals surface area contributed by atoms with Crippen LogP contribution in [-0.2, 0) is 4.79 Å². The lowest BCUT2D eigenvalue weighted by Gasteiger charge is -2.35. The molecule has 6 nitrogen and oxygen atoms in total. The van der Waals surface area contributed by atoms with Gasteiger partial charge in [0.05, 0.1) is 11.1 Å². The third kappa shape index (κ3) is 3.44. The molecule has 1 fully saturated rings. The molecule has 2 aliphatic rings. The second kappa shape index (κ2) is 7.35. The van der Waals surface area contributed by atoms with Gasteiger partial charge < -0.3 is 10.2 Å². The third-order valence-corrected chi connectivity index (χ3v) is 4.95. The number of benzene rings is 1. The molecule has 6 heteroatoms. The number of rotatable bonds is 5. The Morgan fingerprint density at radius 2 is 1.88 bits per heavy atom. The maximum atomic E-state index is 12.9. The highest BCUT2D eigenvalue weighted by Gasteiger charge is 2.38.